The summed E-state index contributed by atoms with van der Waals surface area (Å²) in [5, 5.41) is 59.7. The number of carbonyl (C=O) groups is 1. The number of methoxy groups -OCH3 is 1. The molecule has 26 heavy (non-hydrogen) atoms. The van der Waals surface area contributed by atoms with E-state index in [1.54, 1.807) is 0 Å². The van der Waals surface area contributed by atoms with Crippen molar-refractivity contribution in [2.45, 2.75) is 61.3 Å². The third-order valence-corrected chi connectivity index (χ3v) is 4.94. The Kier molecular flexibility index (Phi) is 5.67. The van der Waals surface area contributed by atoms with Crippen molar-refractivity contribution >= 4 is 6.09 Å². The zero-order valence-corrected chi connectivity index (χ0v) is 13.9. The van der Waals surface area contributed by atoms with Crippen LogP contribution in [-0.2, 0) is 18.9 Å². The summed E-state index contributed by atoms with van der Waals surface area (Å²) < 4.78 is 20.5. The second-order valence-corrected chi connectivity index (χ2v) is 6.50. The Hall–Kier alpha value is -1.09. The van der Waals surface area contributed by atoms with Gasteiger partial charge in [0.05, 0.1) is 6.61 Å². The van der Waals surface area contributed by atoms with Crippen LogP contribution in [0.3, 0.4) is 0 Å². The van der Waals surface area contributed by atoms with Crippen LogP contribution in [0.2, 0.25) is 0 Å². The molecule has 0 saturated carbocycles. The van der Waals surface area contributed by atoms with Gasteiger partial charge < -0.3 is 49.6 Å². The summed E-state index contributed by atoms with van der Waals surface area (Å²) in [4.78, 5) is 12.8. The molecule has 12 nitrogen and oxygen atoms in total. The van der Waals surface area contributed by atoms with Crippen molar-refractivity contribution in [3.8, 4) is 0 Å². The van der Waals surface area contributed by atoms with Crippen molar-refractivity contribution in [1.82, 2.24) is 4.90 Å². The maximum Gasteiger partial charge on any atom is 0.412 e. The second kappa shape index (κ2) is 7.50. The zero-order valence-electron chi connectivity index (χ0n) is 13.9. The first-order valence-corrected chi connectivity index (χ1v) is 8.11. The predicted octanol–water partition coefficient (Wildman–Crippen LogP) is -4.30. The number of piperidine rings is 1. The van der Waals surface area contributed by atoms with Gasteiger partial charge in [-0.05, 0) is 0 Å². The molecule has 6 N–H and O–H groups in total. The van der Waals surface area contributed by atoms with Crippen LogP contribution in [0.5, 0.6) is 0 Å². The van der Waals surface area contributed by atoms with E-state index in [0.717, 1.165) is 4.90 Å². The molecule has 3 aliphatic rings. The summed E-state index contributed by atoms with van der Waals surface area (Å²) in [6.07, 6.45) is -13.7. The van der Waals surface area contributed by atoms with Gasteiger partial charge in [0.15, 0.2) is 12.5 Å². The number of cyclic esters (lactones) is 1. The number of amides is 1. The van der Waals surface area contributed by atoms with E-state index in [9.17, 15) is 35.4 Å². The minimum Gasteiger partial charge on any atom is -0.447 e. The quantitative estimate of drug-likeness (QED) is 0.277. The smallest absolute Gasteiger partial charge is 0.412 e. The SMILES string of the molecule is CO[C@H]1O[C@H](CO[C@@H]2[C@H](O)[C@@H](O)[C@H](O)[C@H]3COC(=O)N32)[C@@H](O)[C@H](O)[C@H]1O. The molecule has 3 aliphatic heterocycles. The lowest BCUT2D eigenvalue weighted by atomic mass is 9.93. The highest BCUT2D eigenvalue weighted by Crippen LogP contribution is 2.31. The summed E-state index contributed by atoms with van der Waals surface area (Å²) in [5.74, 6) is 0. The third-order valence-electron chi connectivity index (χ3n) is 4.94. The van der Waals surface area contributed by atoms with Crippen LogP contribution in [0.25, 0.3) is 0 Å². The minimum absolute atomic E-state index is 0.178. The number of aliphatic hydroxyl groups excluding tert-OH is 6. The van der Waals surface area contributed by atoms with Gasteiger partial charge in [-0.1, -0.05) is 0 Å². The summed E-state index contributed by atoms with van der Waals surface area (Å²) >= 11 is 0. The molecule has 3 heterocycles. The van der Waals surface area contributed by atoms with Crippen molar-refractivity contribution < 1.29 is 54.4 Å². The molecule has 0 aliphatic carbocycles. The molecule has 0 unspecified atom stereocenters. The number of carbonyl (C=O) groups excluding carboxylic acids is 1. The highest BCUT2D eigenvalue weighted by molar-refractivity contribution is 5.71. The molecule has 0 spiro atoms. The fraction of sp³-hybridized carbons (Fsp3) is 0.929. The topological polar surface area (TPSA) is 179 Å². The average molecular weight is 381 g/mol. The predicted molar refractivity (Wildman–Crippen MR) is 78.4 cm³/mol. The first-order chi connectivity index (χ1) is 12.3. The molecule has 0 aromatic carbocycles. The standard InChI is InChI=1S/C14H23NO11/c1-23-13-11(21)9(19)7(17)5(26-13)3-24-12-10(20)8(18)6(16)4-2-25-14(22)15(4)12/h4-13,16-21H,2-3H2,1H3/t4-,5-,6-,7-,8+,9+,10-,11-,12-,13+/m1/s1. The molecular weight excluding hydrogens is 358 g/mol. The number of fused-ring (bicyclic) bond motifs is 1. The lowest BCUT2D eigenvalue weighted by Crippen LogP contribution is -2.67. The van der Waals surface area contributed by atoms with Gasteiger partial charge in [0.25, 0.3) is 0 Å². The van der Waals surface area contributed by atoms with Crippen LogP contribution in [0.15, 0.2) is 0 Å². The molecule has 3 saturated heterocycles. The lowest BCUT2D eigenvalue weighted by molar-refractivity contribution is -0.304. The van der Waals surface area contributed by atoms with Crippen molar-refractivity contribution in [1.29, 1.82) is 0 Å². The second-order valence-electron chi connectivity index (χ2n) is 6.50. The lowest BCUT2D eigenvalue weighted by Gasteiger charge is -2.45. The van der Waals surface area contributed by atoms with Gasteiger partial charge in [-0.3, -0.25) is 4.90 Å². The molecule has 0 aromatic rings. The monoisotopic (exact) mass is 381 g/mol. The highest BCUT2D eigenvalue weighted by atomic mass is 16.7. The van der Waals surface area contributed by atoms with E-state index >= 15 is 0 Å². The fourth-order valence-corrected chi connectivity index (χ4v) is 3.39. The molecule has 3 rings (SSSR count). The Bertz CT molecular complexity index is 519. The van der Waals surface area contributed by atoms with Crippen LogP contribution < -0.4 is 0 Å². The molecule has 10 atom stereocenters. The maximum absolute atomic E-state index is 11.9. The van der Waals surface area contributed by atoms with E-state index < -0.39 is 74.0 Å². The first kappa shape index (κ1) is 19.7. The molecule has 12 heteroatoms. The van der Waals surface area contributed by atoms with E-state index in [1.807, 2.05) is 0 Å². The molecule has 0 aromatic heterocycles. The van der Waals surface area contributed by atoms with Gasteiger partial charge in [-0.2, -0.15) is 0 Å². The maximum atomic E-state index is 11.9. The van der Waals surface area contributed by atoms with E-state index in [-0.39, 0.29) is 6.61 Å². The zero-order chi connectivity index (χ0) is 19.2. The summed E-state index contributed by atoms with van der Waals surface area (Å²) in [6, 6.07) is -0.901. The van der Waals surface area contributed by atoms with Crippen LogP contribution in [0.4, 0.5) is 4.79 Å². The van der Waals surface area contributed by atoms with Crippen LogP contribution in [-0.4, -0.2) is 123 Å². The van der Waals surface area contributed by atoms with Crippen molar-refractivity contribution in [3.05, 3.63) is 0 Å². The van der Waals surface area contributed by atoms with Crippen molar-refractivity contribution in [2.24, 2.45) is 0 Å². The van der Waals surface area contributed by atoms with Gasteiger partial charge >= 0.3 is 6.09 Å². The molecule has 1 amide bonds. The molecule has 150 valence electrons. The van der Waals surface area contributed by atoms with Crippen molar-refractivity contribution in [3.63, 3.8) is 0 Å². The fourth-order valence-electron chi connectivity index (χ4n) is 3.39. The largest absolute Gasteiger partial charge is 0.447 e. The molecule has 3 fully saturated rings. The Morgan fingerprint density at radius 1 is 1.00 bits per heavy atom. The molecule has 0 radical (unpaired) electrons. The average Bonchev–Trinajstić information content (AvgIpc) is 3.01. The Balaban J connectivity index is 1.70. The van der Waals surface area contributed by atoms with Gasteiger partial charge in [-0.25, -0.2) is 4.79 Å². The number of rotatable bonds is 4. The summed E-state index contributed by atoms with van der Waals surface area (Å²) in [6.45, 7) is -0.589. The number of hydrogen-bond acceptors (Lipinski definition) is 11. The van der Waals surface area contributed by atoms with Gasteiger partial charge in [0, 0.05) is 7.11 Å². The number of ether oxygens (including phenoxy) is 4. The normalized spacial score (nSPS) is 49.0. The van der Waals surface area contributed by atoms with E-state index in [4.69, 9.17) is 18.9 Å². The van der Waals surface area contributed by atoms with Gasteiger partial charge in [0.2, 0.25) is 0 Å². The first-order valence-electron chi connectivity index (χ1n) is 8.11. The van der Waals surface area contributed by atoms with Gasteiger partial charge in [0.1, 0.15) is 55.4 Å². The van der Waals surface area contributed by atoms with Crippen LogP contribution >= 0.6 is 0 Å². The minimum atomic E-state index is -1.64. The van der Waals surface area contributed by atoms with Gasteiger partial charge in [-0.15, -0.1) is 0 Å². The molecule has 0 bridgehead atoms. The Morgan fingerprint density at radius 2 is 1.65 bits per heavy atom. The molecular formula is C14H23NO11. The van der Waals surface area contributed by atoms with Crippen LogP contribution in [0, 0.1) is 0 Å². The van der Waals surface area contributed by atoms with E-state index in [2.05, 4.69) is 0 Å². The van der Waals surface area contributed by atoms with Crippen LogP contribution in [0.1, 0.15) is 0 Å². The Morgan fingerprint density at radius 3 is 2.31 bits per heavy atom. The number of aliphatic hydroxyl groups is 6. The summed E-state index contributed by atoms with van der Waals surface area (Å²) in [7, 11) is 1.24. The van der Waals surface area contributed by atoms with E-state index in [1.165, 1.54) is 7.11 Å². The number of nitrogens with zero attached hydrogens (tertiary/aromatic N) is 1. The Labute approximate surface area is 148 Å². The van der Waals surface area contributed by atoms with E-state index in [0.29, 0.717) is 0 Å². The highest BCUT2D eigenvalue weighted by Gasteiger charge is 2.55. The summed E-state index contributed by atoms with van der Waals surface area (Å²) in [5.41, 5.74) is 0. The van der Waals surface area contributed by atoms with Crippen molar-refractivity contribution in [2.75, 3.05) is 20.3 Å². The number of hydrogen-bond donors (Lipinski definition) is 6. The third kappa shape index (κ3) is 3.17.